The summed E-state index contributed by atoms with van der Waals surface area (Å²) in [6, 6.07) is 15.0. The van der Waals surface area contributed by atoms with E-state index in [-0.39, 0.29) is 18.1 Å². The molecule has 4 rings (SSSR count). The molecule has 0 aromatic heterocycles. The van der Waals surface area contributed by atoms with Crippen molar-refractivity contribution in [2.24, 2.45) is 4.99 Å². The number of carboxylic acids is 1. The Balaban J connectivity index is 0.000000429. The molecule has 0 unspecified atom stereocenters. The fraction of sp³-hybridized carbons (Fsp3) is 0.167. The van der Waals surface area contributed by atoms with Gasteiger partial charge in [0.1, 0.15) is 23.5 Å². The maximum Gasteiger partial charge on any atom is 0.490 e. The smallest absolute Gasteiger partial charge is 0.475 e. The number of nitrogens with one attached hydrogen (secondary N) is 1. The van der Waals surface area contributed by atoms with Crippen LogP contribution in [0.4, 0.5) is 30.7 Å². The van der Waals surface area contributed by atoms with Gasteiger partial charge in [-0.3, -0.25) is 4.99 Å². The average Bonchev–Trinajstić information content (AvgIpc) is 3.20. The molecule has 11 heteroatoms. The molecule has 2 atom stereocenters. The molecule has 35 heavy (non-hydrogen) atoms. The zero-order valence-electron chi connectivity index (χ0n) is 17.7. The number of aliphatic carboxylic acids is 1. The van der Waals surface area contributed by atoms with E-state index in [4.69, 9.17) is 9.90 Å². The highest BCUT2D eigenvalue weighted by Crippen LogP contribution is 2.37. The quantitative estimate of drug-likeness (QED) is 0.440. The van der Waals surface area contributed by atoms with Crippen molar-refractivity contribution in [2.75, 3.05) is 0 Å². The van der Waals surface area contributed by atoms with Crippen molar-refractivity contribution in [3.63, 3.8) is 0 Å². The first-order chi connectivity index (χ1) is 16.4. The second-order valence-corrected chi connectivity index (χ2v) is 7.48. The van der Waals surface area contributed by atoms with Crippen LogP contribution < -0.4 is 5.32 Å². The summed E-state index contributed by atoms with van der Waals surface area (Å²) in [5.41, 5.74) is 1.85. The standard InChI is InChI=1S/C22H16F4N2.C2HF3O2/c23-16-5-1-3-14(11-16)21-22(15-4-2-6-17(24)12-15)28-20(27-21)10-13-7-8-18(25)19(26)9-13;3-2(4,5)1(6)7/h1-9,11-12,21-22H,10H2,(H,27,28);(H,6,7)/t21-,22+;. The van der Waals surface area contributed by atoms with Crippen molar-refractivity contribution in [1.29, 1.82) is 0 Å². The van der Waals surface area contributed by atoms with E-state index in [1.165, 1.54) is 30.3 Å². The van der Waals surface area contributed by atoms with Gasteiger partial charge in [0.05, 0.1) is 6.04 Å². The van der Waals surface area contributed by atoms with E-state index in [1.807, 2.05) is 0 Å². The van der Waals surface area contributed by atoms with E-state index >= 15 is 0 Å². The fourth-order valence-corrected chi connectivity index (χ4v) is 3.40. The number of nitrogens with zero attached hydrogens (tertiary/aromatic N) is 1. The predicted octanol–water partition coefficient (Wildman–Crippen LogP) is 5.90. The number of benzene rings is 3. The van der Waals surface area contributed by atoms with Crippen LogP contribution >= 0.6 is 0 Å². The number of halogens is 7. The van der Waals surface area contributed by atoms with Gasteiger partial charge in [0, 0.05) is 6.42 Å². The van der Waals surface area contributed by atoms with Gasteiger partial charge in [0.2, 0.25) is 0 Å². The van der Waals surface area contributed by atoms with Gasteiger partial charge in [0.15, 0.2) is 11.6 Å². The van der Waals surface area contributed by atoms with Crippen LogP contribution in [0, 0.1) is 23.3 Å². The summed E-state index contributed by atoms with van der Waals surface area (Å²) in [5, 5.41) is 10.4. The molecule has 0 amide bonds. The molecular weight excluding hydrogens is 481 g/mol. The summed E-state index contributed by atoms with van der Waals surface area (Å²) in [7, 11) is 0. The van der Waals surface area contributed by atoms with Gasteiger partial charge in [-0.25, -0.2) is 22.4 Å². The van der Waals surface area contributed by atoms with Crippen LogP contribution in [0.3, 0.4) is 0 Å². The Kier molecular flexibility index (Phi) is 7.78. The highest BCUT2D eigenvalue weighted by molar-refractivity contribution is 5.87. The summed E-state index contributed by atoms with van der Waals surface area (Å²) in [5.74, 6) is -4.84. The highest BCUT2D eigenvalue weighted by Gasteiger charge is 2.38. The van der Waals surface area contributed by atoms with Gasteiger partial charge in [-0.1, -0.05) is 30.3 Å². The molecule has 1 heterocycles. The molecule has 3 aromatic carbocycles. The van der Waals surface area contributed by atoms with Gasteiger partial charge in [0.25, 0.3) is 0 Å². The third-order valence-electron chi connectivity index (χ3n) is 4.93. The highest BCUT2D eigenvalue weighted by atomic mass is 19.4. The van der Waals surface area contributed by atoms with E-state index in [9.17, 15) is 30.7 Å². The zero-order chi connectivity index (χ0) is 25.8. The Labute approximate surface area is 194 Å². The fourth-order valence-electron chi connectivity index (χ4n) is 3.40. The minimum absolute atomic E-state index is 0.245. The number of hydrogen-bond donors (Lipinski definition) is 2. The lowest BCUT2D eigenvalue weighted by Crippen LogP contribution is -2.26. The van der Waals surface area contributed by atoms with Crippen molar-refractivity contribution in [2.45, 2.75) is 24.7 Å². The number of hydrogen-bond acceptors (Lipinski definition) is 3. The number of rotatable bonds is 4. The van der Waals surface area contributed by atoms with E-state index in [0.717, 1.165) is 12.1 Å². The molecule has 3 aromatic rings. The summed E-state index contributed by atoms with van der Waals surface area (Å²) in [6.07, 6.45) is -4.84. The molecule has 184 valence electrons. The normalized spacial score (nSPS) is 17.2. The third-order valence-corrected chi connectivity index (χ3v) is 4.93. The van der Waals surface area contributed by atoms with Crippen molar-refractivity contribution in [3.8, 4) is 0 Å². The number of alkyl halides is 3. The summed E-state index contributed by atoms with van der Waals surface area (Å²) < 4.78 is 85.9. The molecule has 0 bridgehead atoms. The Bertz CT molecular complexity index is 1240. The third kappa shape index (κ3) is 6.81. The number of carboxylic acid groups (broad SMARTS) is 1. The van der Waals surface area contributed by atoms with Crippen LogP contribution in [0.5, 0.6) is 0 Å². The van der Waals surface area contributed by atoms with Crippen molar-refractivity contribution < 1.29 is 40.6 Å². The van der Waals surface area contributed by atoms with Crippen molar-refractivity contribution >= 4 is 11.8 Å². The Morgan fingerprint density at radius 2 is 1.43 bits per heavy atom. The minimum atomic E-state index is -5.08. The topological polar surface area (TPSA) is 61.7 Å². The maximum atomic E-state index is 13.7. The van der Waals surface area contributed by atoms with Crippen molar-refractivity contribution in [3.05, 3.63) is 107 Å². The Morgan fingerprint density at radius 1 is 0.857 bits per heavy atom. The molecule has 0 spiro atoms. The first kappa shape index (κ1) is 25.7. The molecule has 0 radical (unpaired) electrons. The van der Waals surface area contributed by atoms with E-state index in [1.54, 1.807) is 24.3 Å². The first-order valence-corrected chi connectivity index (χ1v) is 10.0. The molecule has 1 aliphatic heterocycles. The molecule has 4 nitrogen and oxygen atoms in total. The van der Waals surface area contributed by atoms with Crippen molar-refractivity contribution in [1.82, 2.24) is 5.32 Å². The van der Waals surface area contributed by atoms with Crippen LogP contribution in [0.15, 0.2) is 71.7 Å². The van der Waals surface area contributed by atoms with Crippen LogP contribution in [-0.4, -0.2) is 23.1 Å². The predicted molar refractivity (Wildman–Crippen MR) is 113 cm³/mol. The molecule has 0 saturated heterocycles. The lowest BCUT2D eigenvalue weighted by atomic mass is 9.95. The second-order valence-electron chi connectivity index (χ2n) is 7.48. The number of amidine groups is 1. The van der Waals surface area contributed by atoms with Gasteiger partial charge in [-0.05, 0) is 53.1 Å². The SMILES string of the molecule is Fc1cccc([C@H]2NC(Cc3ccc(F)c(F)c3)=N[C@H]2c2cccc(F)c2)c1.O=C(O)C(F)(F)F. The van der Waals surface area contributed by atoms with Crippen LogP contribution in [-0.2, 0) is 11.2 Å². The molecule has 0 aliphatic carbocycles. The molecule has 0 saturated carbocycles. The van der Waals surface area contributed by atoms with E-state index < -0.39 is 35.9 Å². The lowest BCUT2D eigenvalue weighted by molar-refractivity contribution is -0.192. The molecule has 1 aliphatic rings. The Hall–Kier alpha value is -3.89. The number of carbonyl (C=O) groups is 1. The summed E-state index contributed by atoms with van der Waals surface area (Å²) in [6.45, 7) is 0. The van der Waals surface area contributed by atoms with Crippen LogP contribution in [0.1, 0.15) is 28.8 Å². The van der Waals surface area contributed by atoms with E-state index in [0.29, 0.717) is 22.5 Å². The monoisotopic (exact) mass is 498 g/mol. The molecular formula is C24H17F7N2O2. The summed E-state index contributed by atoms with van der Waals surface area (Å²) in [4.78, 5) is 13.5. The van der Waals surface area contributed by atoms with E-state index in [2.05, 4.69) is 10.3 Å². The minimum Gasteiger partial charge on any atom is -0.475 e. The average molecular weight is 498 g/mol. The largest absolute Gasteiger partial charge is 0.490 e. The van der Waals surface area contributed by atoms with Gasteiger partial charge in [-0.2, -0.15) is 13.2 Å². The number of aliphatic imine (C=N–C) groups is 1. The Morgan fingerprint density at radius 3 is 1.97 bits per heavy atom. The van der Waals surface area contributed by atoms with Gasteiger partial charge < -0.3 is 10.4 Å². The van der Waals surface area contributed by atoms with Crippen LogP contribution in [0.25, 0.3) is 0 Å². The van der Waals surface area contributed by atoms with Crippen LogP contribution in [0.2, 0.25) is 0 Å². The first-order valence-electron chi connectivity index (χ1n) is 10.0. The molecule has 2 N–H and O–H groups in total. The summed E-state index contributed by atoms with van der Waals surface area (Å²) >= 11 is 0. The second kappa shape index (κ2) is 10.6. The zero-order valence-corrected chi connectivity index (χ0v) is 17.7. The lowest BCUT2D eigenvalue weighted by Gasteiger charge is -2.20. The maximum absolute atomic E-state index is 13.7. The molecule has 0 fully saturated rings. The van der Waals surface area contributed by atoms with Gasteiger partial charge >= 0.3 is 12.1 Å². The van der Waals surface area contributed by atoms with Gasteiger partial charge in [-0.15, -0.1) is 0 Å².